The maximum atomic E-state index is 2.51. The van der Waals surface area contributed by atoms with Crippen LogP contribution in [0.25, 0.3) is 0 Å². The Morgan fingerprint density at radius 1 is 1.23 bits per heavy atom. The molecule has 1 atom stereocenters. The largest absolute Gasteiger partial charge is 0.0853 e. The highest BCUT2D eigenvalue weighted by atomic mass is 14.2. The zero-order valence-corrected chi connectivity index (χ0v) is 9.31. The van der Waals surface area contributed by atoms with Crippen LogP contribution in [0.15, 0.2) is 11.6 Å². The lowest BCUT2D eigenvalue weighted by Crippen LogP contribution is -1.97. The van der Waals surface area contributed by atoms with Gasteiger partial charge in [-0.2, -0.15) is 0 Å². The van der Waals surface area contributed by atoms with Gasteiger partial charge in [-0.05, 0) is 38.0 Å². The number of hydrogen-bond donors (Lipinski definition) is 0. The van der Waals surface area contributed by atoms with E-state index < -0.39 is 0 Å². The summed E-state index contributed by atoms with van der Waals surface area (Å²) < 4.78 is 0. The van der Waals surface area contributed by atoms with Crippen molar-refractivity contribution in [3.05, 3.63) is 11.6 Å². The summed E-state index contributed by atoms with van der Waals surface area (Å²) in [5, 5.41) is 0. The smallest absolute Gasteiger partial charge is 0.0318 e. The Morgan fingerprint density at radius 2 is 2.08 bits per heavy atom. The van der Waals surface area contributed by atoms with Crippen LogP contribution in [0.2, 0.25) is 0 Å². The van der Waals surface area contributed by atoms with Crippen LogP contribution in [0.5, 0.6) is 0 Å². The molecular weight excluding hydrogens is 156 g/mol. The van der Waals surface area contributed by atoms with Gasteiger partial charge in [-0.15, -0.1) is 0 Å². The molecule has 0 bridgehead atoms. The highest BCUT2D eigenvalue weighted by Gasteiger charge is 2.11. The minimum absolute atomic E-state index is 1.02. The van der Waals surface area contributed by atoms with Gasteiger partial charge in [0, 0.05) is 0 Å². The van der Waals surface area contributed by atoms with E-state index in [0.29, 0.717) is 0 Å². The van der Waals surface area contributed by atoms with Gasteiger partial charge in [-0.3, -0.25) is 0 Å². The lowest BCUT2D eigenvalue weighted by atomic mass is 9.94. The number of hydrogen-bond acceptors (Lipinski definition) is 0. The molecule has 76 valence electrons. The molecule has 1 aliphatic rings. The summed E-state index contributed by atoms with van der Waals surface area (Å²) in [5.74, 6) is 1.02. The molecular formula is C13H24. The molecule has 0 saturated carbocycles. The molecule has 0 saturated heterocycles. The van der Waals surface area contributed by atoms with Gasteiger partial charge in [0.15, 0.2) is 0 Å². The van der Waals surface area contributed by atoms with Crippen molar-refractivity contribution in [3.8, 4) is 0 Å². The third-order valence-corrected chi connectivity index (χ3v) is 3.15. The fourth-order valence-electron chi connectivity index (χ4n) is 2.40. The van der Waals surface area contributed by atoms with E-state index >= 15 is 0 Å². The average molecular weight is 180 g/mol. The van der Waals surface area contributed by atoms with Crippen LogP contribution < -0.4 is 0 Å². The van der Waals surface area contributed by atoms with Crippen molar-refractivity contribution in [1.82, 2.24) is 0 Å². The van der Waals surface area contributed by atoms with Crippen molar-refractivity contribution >= 4 is 0 Å². The summed E-state index contributed by atoms with van der Waals surface area (Å²) in [5.41, 5.74) is 1.74. The van der Waals surface area contributed by atoms with Gasteiger partial charge in [0.2, 0.25) is 0 Å². The van der Waals surface area contributed by atoms with Gasteiger partial charge in [-0.25, -0.2) is 0 Å². The van der Waals surface area contributed by atoms with Crippen LogP contribution in [-0.4, -0.2) is 0 Å². The van der Waals surface area contributed by atoms with Gasteiger partial charge < -0.3 is 0 Å². The maximum Gasteiger partial charge on any atom is -0.0318 e. The van der Waals surface area contributed by atoms with Gasteiger partial charge in [-0.1, -0.05) is 44.8 Å². The third-order valence-electron chi connectivity index (χ3n) is 3.15. The van der Waals surface area contributed by atoms with Crippen LogP contribution in [0.1, 0.15) is 65.2 Å². The Labute approximate surface area is 83.4 Å². The van der Waals surface area contributed by atoms with E-state index in [0.717, 1.165) is 5.92 Å². The van der Waals surface area contributed by atoms with Gasteiger partial charge in [0.25, 0.3) is 0 Å². The standard InChI is InChI=1S/C13H24/c1-3-6-12-8-5-9-13(7-4-2)11-10-12/h8,13H,3-7,9-11H2,1-2H3. The summed E-state index contributed by atoms with van der Waals surface area (Å²) in [4.78, 5) is 0. The molecule has 0 aromatic carbocycles. The minimum atomic E-state index is 1.02. The minimum Gasteiger partial charge on any atom is -0.0853 e. The van der Waals surface area contributed by atoms with Crippen LogP contribution in [0, 0.1) is 5.92 Å². The molecule has 0 spiro atoms. The molecule has 0 amide bonds. The predicted octanol–water partition coefficient (Wildman–Crippen LogP) is 4.70. The zero-order valence-electron chi connectivity index (χ0n) is 9.31. The first kappa shape index (κ1) is 10.8. The fraction of sp³-hybridized carbons (Fsp3) is 0.846. The second kappa shape index (κ2) is 6.23. The molecule has 0 heterocycles. The highest BCUT2D eigenvalue weighted by Crippen LogP contribution is 2.27. The van der Waals surface area contributed by atoms with Gasteiger partial charge >= 0.3 is 0 Å². The van der Waals surface area contributed by atoms with Gasteiger partial charge in [0.1, 0.15) is 0 Å². The maximum absolute atomic E-state index is 2.51. The number of rotatable bonds is 4. The normalized spacial score (nSPS) is 23.8. The van der Waals surface area contributed by atoms with Crippen molar-refractivity contribution < 1.29 is 0 Å². The molecule has 0 fully saturated rings. The monoisotopic (exact) mass is 180 g/mol. The summed E-state index contributed by atoms with van der Waals surface area (Å²) >= 11 is 0. The van der Waals surface area contributed by atoms with Crippen molar-refractivity contribution in [2.75, 3.05) is 0 Å². The molecule has 0 aromatic heterocycles. The van der Waals surface area contributed by atoms with E-state index in [4.69, 9.17) is 0 Å². The average Bonchev–Trinajstić information content (AvgIpc) is 2.33. The van der Waals surface area contributed by atoms with Crippen LogP contribution in [0.4, 0.5) is 0 Å². The SMILES string of the molecule is CCCC1=CCCC(CCC)CC1. The zero-order chi connectivity index (χ0) is 9.52. The van der Waals surface area contributed by atoms with Crippen molar-refractivity contribution in [3.63, 3.8) is 0 Å². The van der Waals surface area contributed by atoms with Crippen molar-refractivity contribution in [2.45, 2.75) is 65.2 Å². The lowest BCUT2D eigenvalue weighted by molar-refractivity contribution is 0.426. The third kappa shape index (κ3) is 3.97. The van der Waals surface area contributed by atoms with E-state index in [1.165, 1.54) is 51.4 Å². The van der Waals surface area contributed by atoms with Crippen LogP contribution >= 0.6 is 0 Å². The molecule has 1 unspecified atom stereocenters. The molecule has 0 heteroatoms. The first-order chi connectivity index (χ1) is 6.36. The predicted molar refractivity (Wildman–Crippen MR) is 59.9 cm³/mol. The topological polar surface area (TPSA) is 0 Å². The molecule has 13 heavy (non-hydrogen) atoms. The van der Waals surface area contributed by atoms with E-state index in [1.54, 1.807) is 5.57 Å². The number of allylic oxidation sites excluding steroid dienone is 2. The molecule has 0 aromatic rings. The van der Waals surface area contributed by atoms with Crippen molar-refractivity contribution in [2.24, 2.45) is 5.92 Å². The lowest BCUT2D eigenvalue weighted by Gasteiger charge is -2.12. The molecule has 1 rings (SSSR count). The molecule has 1 aliphatic carbocycles. The highest BCUT2D eigenvalue weighted by molar-refractivity contribution is 5.04. The Hall–Kier alpha value is -0.260. The Kier molecular flexibility index (Phi) is 5.19. The fourth-order valence-corrected chi connectivity index (χ4v) is 2.40. The first-order valence-corrected chi connectivity index (χ1v) is 6.04. The Morgan fingerprint density at radius 3 is 2.77 bits per heavy atom. The molecule has 0 N–H and O–H groups in total. The van der Waals surface area contributed by atoms with Gasteiger partial charge in [0.05, 0.1) is 0 Å². The second-order valence-electron chi connectivity index (χ2n) is 4.38. The van der Waals surface area contributed by atoms with Crippen LogP contribution in [-0.2, 0) is 0 Å². The Bertz CT molecular complexity index is 155. The van der Waals surface area contributed by atoms with E-state index in [9.17, 15) is 0 Å². The summed E-state index contributed by atoms with van der Waals surface area (Å²) in [6, 6.07) is 0. The summed E-state index contributed by atoms with van der Waals surface area (Å²) in [6.07, 6.45) is 13.6. The molecule has 0 radical (unpaired) electrons. The molecule has 0 nitrogen and oxygen atoms in total. The van der Waals surface area contributed by atoms with Crippen LogP contribution in [0.3, 0.4) is 0 Å². The van der Waals surface area contributed by atoms with E-state index in [1.807, 2.05) is 0 Å². The quantitative estimate of drug-likeness (QED) is 0.550. The molecule has 0 aliphatic heterocycles. The van der Waals surface area contributed by atoms with E-state index in [-0.39, 0.29) is 0 Å². The van der Waals surface area contributed by atoms with E-state index in [2.05, 4.69) is 19.9 Å². The second-order valence-corrected chi connectivity index (χ2v) is 4.38. The Balaban J connectivity index is 2.30. The summed E-state index contributed by atoms with van der Waals surface area (Å²) in [7, 11) is 0. The first-order valence-electron chi connectivity index (χ1n) is 6.04. The summed E-state index contributed by atoms with van der Waals surface area (Å²) in [6.45, 7) is 4.60. The van der Waals surface area contributed by atoms with Crippen molar-refractivity contribution in [1.29, 1.82) is 0 Å².